The van der Waals surface area contributed by atoms with Crippen molar-refractivity contribution in [1.29, 1.82) is 0 Å². The lowest BCUT2D eigenvalue weighted by atomic mass is 9.76. The van der Waals surface area contributed by atoms with Crippen LogP contribution in [0.15, 0.2) is 0 Å². The first-order chi connectivity index (χ1) is 7.89. The average molecular weight is 257 g/mol. The topological polar surface area (TPSA) is 37.4 Å². The second-order valence-corrected chi connectivity index (χ2v) is 6.74. The summed E-state index contributed by atoms with van der Waals surface area (Å²) in [6.45, 7) is 9.79. The Labute approximate surface area is 106 Å². The molecule has 1 rings (SSSR count). The van der Waals surface area contributed by atoms with Gasteiger partial charge in [-0.25, -0.2) is 0 Å². The SMILES string of the molecule is CPCC(=O)C1(C)CCN(CC(C)C)C(=O)C1. The summed E-state index contributed by atoms with van der Waals surface area (Å²) in [6.07, 6.45) is 1.87. The fourth-order valence-electron chi connectivity index (χ4n) is 2.29. The van der Waals surface area contributed by atoms with Crippen molar-refractivity contribution in [3.8, 4) is 0 Å². The molecule has 1 aliphatic heterocycles. The van der Waals surface area contributed by atoms with Gasteiger partial charge in [0.2, 0.25) is 5.91 Å². The summed E-state index contributed by atoms with van der Waals surface area (Å²) >= 11 is 0. The number of hydrogen-bond donors (Lipinski definition) is 0. The number of likely N-dealkylation sites (tertiary alicyclic amines) is 1. The van der Waals surface area contributed by atoms with Crippen molar-refractivity contribution in [1.82, 2.24) is 4.90 Å². The number of Topliss-reactive ketones (excluding diaryl/α,β-unsaturated/α-hetero) is 1. The van der Waals surface area contributed by atoms with Crippen LogP contribution in [0.1, 0.15) is 33.6 Å². The van der Waals surface area contributed by atoms with Gasteiger partial charge in [-0.05, 0) is 19.0 Å². The average Bonchev–Trinajstić information content (AvgIpc) is 2.22. The highest BCUT2D eigenvalue weighted by atomic mass is 31.1. The van der Waals surface area contributed by atoms with Crippen LogP contribution in [-0.2, 0) is 9.59 Å². The molecule has 0 aromatic carbocycles. The Morgan fingerprint density at radius 1 is 1.53 bits per heavy atom. The van der Waals surface area contributed by atoms with Gasteiger partial charge in [0, 0.05) is 31.1 Å². The summed E-state index contributed by atoms with van der Waals surface area (Å²) < 4.78 is 0. The van der Waals surface area contributed by atoms with E-state index in [1.807, 2.05) is 18.5 Å². The second-order valence-electron chi connectivity index (χ2n) is 5.67. The molecule has 1 amide bonds. The number of hydrogen-bond acceptors (Lipinski definition) is 2. The van der Waals surface area contributed by atoms with E-state index in [1.54, 1.807) is 0 Å². The third-order valence-corrected chi connectivity index (χ3v) is 4.10. The first kappa shape index (κ1) is 14.6. The lowest BCUT2D eigenvalue weighted by molar-refractivity contribution is -0.144. The minimum atomic E-state index is -0.395. The van der Waals surface area contributed by atoms with Gasteiger partial charge in [0.05, 0.1) is 0 Å². The number of piperidine rings is 1. The molecular weight excluding hydrogens is 233 g/mol. The minimum Gasteiger partial charge on any atom is -0.342 e. The third-order valence-electron chi connectivity index (χ3n) is 3.42. The van der Waals surface area contributed by atoms with E-state index in [9.17, 15) is 9.59 Å². The zero-order chi connectivity index (χ0) is 13.1. The lowest BCUT2D eigenvalue weighted by Crippen LogP contribution is -2.47. The number of rotatable bonds is 5. The summed E-state index contributed by atoms with van der Waals surface area (Å²) in [7, 11) is 0.651. The van der Waals surface area contributed by atoms with E-state index in [0.29, 0.717) is 27.1 Å². The Morgan fingerprint density at radius 2 is 2.18 bits per heavy atom. The molecule has 0 aromatic heterocycles. The van der Waals surface area contributed by atoms with Gasteiger partial charge >= 0.3 is 0 Å². The molecule has 0 saturated carbocycles. The molecule has 17 heavy (non-hydrogen) atoms. The van der Waals surface area contributed by atoms with Crippen LogP contribution in [0.5, 0.6) is 0 Å². The standard InChI is InChI=1S/C13H24NO2P/c1-10(2)8-14-6-5-13(3,7-12(14)16)11(15)9-17-4/h10,17H,5-9H2,1-4H3. The molecule has 0 spiro atoms. The summed E-state index contributed by atoms with van der Waals surface area (Å²) in [4.78, 5) is 26.0. The van der Waals surface area contributed by atoms with Crippen molar-refractivity contribution < 1.29 is 9.59 Å². The first-order valence-corrected chi connectivity index (χ1v) is 8.05. The zero-order valence-corrected chi connectivity index (χ0v) is 12.4. The highest BCUT2D eigenvalue weighted by molar-refractivity contribution is 7.38. The molecule has 4 heteroatoms. The smallest absolute Gasteiger partial charge is 0.223 e. The van der Waals surface area contributed by atoms with E-state index >= 15 is 0 Å². The van der Waals surface area contributed by atoms with Gasteiger partial charge in [-0.15, -0.1) is 8.58 Å². The number of carbonyl (C=O) groups excluding carboxylic acids is 2. The Hall–Kier alpha value is -0.430. The molecule has 2 unspecified atom stereocenters. The van der Waals surface area contributed by atoms with E-state index in [-0.39, 0.29) is 11.7 Å². The van der Waals surface area contributed by atoms with Crippen molar-refractivity contribution >= 4 is 20.3 Å². The summed E-state index contributed by atoms with van der Waals surface area (Å²) in [5, 5.41) is 0. The van der Waals surface area contributed by atoms with Crippen LogP contribution in [-0.4, -0.2) is 42.5 Å². The Bertz CT molecular complexity index is 304. The molecule has 0 aromatic rings. The number of ketones is 1. The summed E-state index contributed by atoms with van der Waals surface area (Å²) in [5.41, 5.74) is -0.395. The van der Waals surface area contributed by atoms with Crippen LogP contribution < -0.4 is 0 Å². The molecule has 0 aliphatic carbocycles. The molecule has 1 saturated heterocycles. The summed E-state index contributed by atoms with van der Waals surface area (Å²) in [5.74, 6) is 0.923. The van der Waals surface area contributed by atoms with Gasteiger partial charge in [0.1, 0.15) is 5.78 Å². The highest BCUT2D eigenvalue weighted by Gasteiger charge is 2.40. The number of carbonyl (C=O) groups is 2. The van der Waals surface area contributed by atoms with E-state index in [1.165, 1.54) is 0 Å². The first-order valence-electron chi connectivity index (χ1n) is 6.35. The fraction of sp³-hybridized carbons (Fsp3) is 0.846. The van der Waals surface area contributed by atoms with Crippen LogP contribution in [0, 0.1) is 11.3 Å². The molecule has 2 atom stereocenters. The van der Waals surface area contributed by atoms with E-state index in [0.717, 1.165) is 19.5 Å². The molecule has 1 fully saturated rings. The maximum atomic E-state index is 12.0. The van der Waals surface area contributed by atoms with Crippen LogP contribution in [0.4, 0.5) is 0 Å². The van der Waals surface area contributed by atoms with Gasteiger partial charge < -0.3 is 4.90 Å². The predicted octanol–water partition coefficient (Wildman–Crippen LogP) is 2.15. The van der Waals surface area contributed by atoms with Crippen molar-refractivity contribution in [2.24, 2.45) is 11.3 Å². The van der Waals surface area contributed by atoms with E-state index in [4.69, 9.17) is 0 Å². The maximum Gasteiger partial charge on any atom is 0.223 e. The third kappa shape index (κ3) is 3.77. The van der Waals surface area contributed by atoms with Crippen molar-refractivity contribution in [2.45, 2.75) is 33.6 Å². The summed E-state index contributed by atoms with van der Waals surface area (Å²) in [6, 6.07) is 0. The molecule has 3 nitrogen and oxygen atoms in total. The minimum absolute atomic E-state index is 0.153. The van der Waals surface area contributed by atoms with Gasteiger partial charge in [0.15, 0.2) is 0 Å². The van der Waals surface area contributed by atoms with Crippen molar-refractivity contribution in [2.75, 3.05) is 25.9 Å². The van der Waals surface area contributed by atoms with E-state index in [2.05, 4.69) is 13.8 Å². The number of nitrogens with zero attached hydrogens (tertiary/aromatic N) is 1. The van der Waals surface area contributed by atoms with Crippen molar-refractivity contribution in [3.63, 3.8) is 0 Å². The molecule has 1 heterocycles. The van der Waals surface area contributed by atoms with Crippen LogP contribution >= 0.6 is 8.58 Å². The quantitative estimate of drug-likeness (QED) is 0.708. The molecule has 0 N–H and O–H groups in total. The second kappa shape index (κ2) is 5.95. The van der Waals surface area contributed by atoms with Gasteiger partial charge in [-0.1, -0.05) is 20.8 Å². The van der Waals surface area contributed by atoms with Gasteiger partial charge in [-0.3, -0.25) is 9.59 Å². The normalized spacial score (nSPS) is 26.2. The Balaban J connectivity index is 2.62. The zero-order valence-electron chi connectivity index (χ0n) is 11.4. The molecule has 1 aliphatic rings. The Kier molecular flexibility index (Phi) is 5.12. The monoisotopic (exact) mass is 257 g/mol. The van der Waals surface area contributed by atoms with Gasteiger partial charge in [0.25, 0.3) is 0 Å². The number of amides is 1. The molecular formula is C13H24NO2P. The molecule has 0 radical (unpaired) electrons. The Morgan fingerprint density at radius 3 is 2.65 bits per heavy atom. The van der Waals surface area contributed by atoms with Crippen LogP contribution in [0.25, 0.3) is 0 Å². The fourth-order valence-corrected chi connectivity index (χ4v) is 3.03. The molecule has 0 bridgehead atoms. The van der Waals surface area contributed by atoms with E-state index < -0.39 is 5.41 Å². The van der Waals surface area contributed by atoms with Gasteiger partial charge in [-0.2, -0.15) is 0 Å². The highest BCUT2D eigenvalue weighted by Crippen LogP contribution is 2.34. The lowest BCUT2D eigenvalue weighted by Gasteiger charge is -2.38. The largest absolute Gasteiger partial charge is 0.342 e. The van der Waals surface area contributed by atoms with Crippen LogP contribution in [0.2, 0.25) is 0 Å². The maximum absolute atomic E-state index is 12.0. The molecule has 98 valence electrons. The van der Waals surface area contributed by atoms with Crippen molar-refractivity contribution in [3.05, 3.63) is 0 Å². The van der Waals surface area contributed by atoms with Crippen LogP contribution in [0.3, 0.4) is 0 Å². The predicted molar refractivity (Wildman–Crippen MR) is 72.9 cm³/mol.